The minimum atomic E-state index is -0.100. The van der Waals surface area contributed by atoms with Crippen molar-refractivity contribution in [3.05, 3.63) is 101 Å². The highest BCUT2D eigenvalue weighted by atomic mass is 16.5. The number of nitrogens with one attached hydrogen (secondary N) is 2. The molecule has 0 radical (unpaired) electrons. The molecule has 3 aromatic rings. The maximum absolute atomic E-state index is 13.3. The van der Waals surface area contributed by atoms with Gasteiger partial charge in [0.05, 0.1) is 24.4 Å². The molecular weight excluding hydrogens is 396 g/mol. The summed E-state index contributed by atoms with van der Waals surface area (Å²) in [7, 11) is 1.71. The molecule has 2 N–H and O–H groups in total. The number of rotatable bonds is 4. The highest BCUT2D eigenvalue weighted by Crippen LogP contribution is 2.51. The molecule has 0 aromatic heterocycles. The number of carbonyl (C=O) groups is 1. The van der Waals surface area contributed by atoms with Gasteiger partial charge in [-0.3, -0.25) is 4.79 Å². The van der Waals surface area contributed by atoms with E-state index in [0.29, 0.717) is 11.5 Å². The van der Waals surface area contributed by atoms with Crippen LogP contribution in [0.3, 0.4) is 0 Å². The van der Waals surface area contributed by atoms with Gasteiger partial charge < -0.3 is 15.4 Å². The van der Waals surface area contributed by atoms with Gasteiger partial charge in [0.2, 0.25) is 0 Å². The van der Waals surface area contributed by atoms with Crippen LogP contribution in [0.1, 0.15) is 51.0 Å². The molecule has 3 aromatic carbocycles. The zero-order valence-corrected chi connectivity index (χ0v) is 18.7. The lowest BCUT2D eigenvalue weighted by atomic mass is 9.76. The number of fused-ring (bicyclic) bond motifs is 3. The van der Waals surface area contributed by atoms with Crippen LogP contribution in [-0.4, -0.2) is 13.0 Å². The molecule has 32 heavy (non-hydrogen) atoms. The molecule has 4 nitrogen and oxygen atoms in total. The molecule has 1 heterocycles. The first-order valence-corrected chi connectivity index (χ1v) is 11.1. The van der Waals surface area contributed by atoms with Crippen LogP contribution in [-0.2, 0) is 0 Å². The molecule has 0 saturated heterocycles. The van der Waals surface area contributed by atoms with Gasteiger partial charge in [0.25, 0.3) is 5.91 Å². The zero-order chi connectivity index (χ0) is 22.2. The predicted octanol–water partition coefficient (Wildman–Crippen LogP) is 6.39. The number of hydrogen-bond donors (Lipinski definition) is 2. The predicted molar refractivity (Wildman–Crippen MR) is 130 cm³/mol. The zero-order valence-electron chi connectivity index (χ0n) is 18.7. The summed E-state index contributed by atoms with van der Waals surface area (Å²) in [6, 6.07) is 20.3. The maximum Gasteiger partial charge on any atom is 0.257 e. The summed E-state index contributed by atoms with van der Waals surface area (Å²) in [5.41, 5.74) is 7.07. The molecule has 162 valence electrons. The minimum Gasteiger partial charge on any atom is -0.496 e. The van der Waals surface area contributed by atoms with Crippen LogP contribution >= 0.6 is 0 Å². The largest absolute Gasteiger partial charge is 0.496 e. The molecule has 3 atom stereocenters. The summed E-state index contributed by atoms with van der Waals surface area (Å²) < 4.78 is 5.67. The quantitative estimate of drug-likeness (QED) is 0.477. The van der Waals surface area contributed by atoms with Gasteiger partial charge in [-0.1, -0.05) is 48.6 Å². The molecule has 0 fully saturated rings. The Morgan fingerprint density at radius 3 is 2.62 bits per heavy atom. The van der Waals surface area contributed by atoms with Crippen LogP contribution < -0.4 is 15.4 Å². The molecule has 0 spiro atoms. The van der Waals surface area contributed by atoms with Crippen molar-refractivity contribution in [2.24, 2.45) is 5.92 Å². The lowest BCUT2D eigenvalue weighted by molar-refractivity contribution is 0.102. The van der Waals surface area contributed by atoms with Crippen LogP contribution in [0, 0.1) is 19.8 Å². The number of hydrogen-bond acceptors (Lipinski definition) is 3. The number of carbonyl (C=O) groups excluding carboxylic acids is 1. The first-order valence-electron chi connectivity index (χ1n) is 11.1. The van der Waals surface area contributed by atoms with Gasteiger partial charge >= 0.3 is 0 Å². The number of amides is 1. The standard InChI is InChI=1S/C28H28N2O2/c1-17-14-15-19(16-18(17)2)29-28(31)24-12-7-11-22-20-9-6-10-21(20)26(30-27(22)24)23-8-4-5-13-25(23)32-3/h4-9,11-16,20-21,26,30H,10H2,1-3H3,(H,29,31). The molecule has 2 aliphatic rings. The second kappa shape index (κ2) is 8.19. The third kappa shape index (κ3) is 3.46. The van der Waals surface area contributed by atoms with E-state index in [1.54, 1.807) is 7.11 Å². The van der Waals surface area contributed by atoms with E-state index < -0.39 is 0 Å². The molecule has 1 amide bonds. The van der Waals surface area contributed by atoms with Gasteiger partial charge in [0.15, 0.2) is 0 Å². The molecule has 0 saturated carbocycles. The fraction of sp³-hybridized carbons (Fsp3) is 0.250. The SMILES string of the molecule is COc1ccccc1C1Nc2c(C(=O)Nc3ccc(C)c(C)c3)cccc2C2C=CCC21. The molecule has 4 heteroatoms. The van der Waals surface area contributed by atoms with Crippen molar-refractivity contribution in [3.8, 4) is 5.75 Å². The highest BCUT2D eigenvalue weighted by molar-refractivity contribution is 6.08. The van der Waals surface area contributed by atoms with Crippen LogP contribution in [0.2, 0.25) is 0 Å². The first kappa shape index (κ1) is 20.4. The number of aryl methyl sites for hydroxylation is 2. The summed E-state index contributed by atoms with van der Waals surface area (Å²) in [5, 5.41) is 6.83. The van der Waals surface area contributed by atoms with Crippen LogP contribution in [0.15, 0.2) is 72.8 Å². The Morgan fingerprint density at radius 2 is 1.81 bits per heavy atom. The van der Waals surface area contributed by atoms with Crippen molar-refractivity contribution >= 4 is 17.3 Å². The number of para-hydroxylation sites is 2. The lowest BCUT2D eigenvalue weighted by Crippen LogP contribution is -2.31. The summed E-state index contributed by atoms with van der Waals surface area (Å²) in [5.74, 6) is 1.43. The Balaban J connectivity index is 1.54. The van der Waals surface area contributed by atoms with Gasteiger partial charge in [0.1, 0.15) is 5.75 Å². The van der Waals surface area contributed by atoms with E-state index in [9.17, 15) is 4.79 Å². The molecular formula is C28H28N2O2. The summed E-state index contributed by atoms with van der Waals surface area (Å²) >= 11 is 0. The van der Waals surface area contributed by atoms with Gasteiger partial charge in [-0.05, 0) is 67.1 Å². The Labute approximate surface area is 189 Å². The average Bonchev–Trinajstić information content (AvgIpc) is 3.31. The first-order chi connectivity index (χ1) is 15.6. The molecule has 1 aliphatic heterocycles. The van der Waals surface area contributed by atoms with Gasteiger partial charge in [-0.15, -0.1) is 0 Å². The number of anilines is 2. The fourth-order valence-corrected chi connectivity index (χ4v) is 5.06. The normalized spacial score (nSPS) is 20.8. The van der Waals surface area contributed by atoms with Crippen molar-refractivity contribution in [1.29, 1.82) is 0 Å². The van der Waals surface area contributed by atoms with E-state index in [4.69, 9.17) is 4.74 Å². The minimum absolute atomic E-state index is 0.0641. The van der Waals surface area contributed by atoms with Crippen LogP contribution in [0.4, 0.5) is 11.4 Å². The third-order valence-electron chi connectivity index (χ3n) is 6.88. The topological polar surface area (TPSA) is 50.4 Å². The van der Waals surface area contributed by atoms with Crippen LogP contribution in [0.25, 0.3) is 0 Å². The van der Waals surface area contributed by atoms with Crippen molar-refractivity contribution in [1.82, 2.24) is 0 Å². The Kier molecular flexibility index (Phi) is 5.22. The monoisotopic (exact) mass is 424 g/mol. The van der Waals surface area contributed by atoms with E-state index in [1.807, 2.05) is 48.5 Å². The highest BCUT2D eigenvalue weighted by Gasteiger charge is 2.40. The second-order valence-electron chi connectivity index (χ2n) is 8.74. The van der Waals surface area contributed by atoms with E-state index >= 15 is 0 Å². The van der Waals surface area contributed by atoms with Crippen molar-refractivity contribution in [2.75, 3.05) is 17.7 Å². The number of ether oxygens (including phenoxy) is 1. The number of methoxy groups -OCH3 is 1. The second-order valence-corrected chi connectivity index (χ2v) is 8.74. The van der Waals surface area contributed by atoms with E-state index in [0.717, 1.165) is 34.7 Å². The fourth-order valence-electron chi connectivity index (χ4n) is 5.06. The smallest absolute Gasteiger partial charge is 0.257 e. The molecule has 5 rings (SSSR count). The maximum atomic E-state index is 13.3. The summed E-state index contributed by atoms with van der Waals surface area (Å²) in [6.07, 6.45) is 5.55. The van der Waals surface area contributed by atoms with E-state index in [2.05, 4.69) is 48.8 Å². The molecule has 0 bridgehead atoms. The van der Waals surface area contributed by atoms with E-state index in [1.165, 1.54) is 11.1 Å². The van der Waals surface area contributed by atoms with Gasteiger partial charge in [0, 0.05) is 17.2 Å². The van der Waals surface area contributed by atoms with Crippen molar-refractivity contribution < 1.29 is 9.53 Å². The van der Waals surface area contributed by atoms with Gasteiger partial charge in [-0.2, -0.15) is 0 Å². The van der Waals surface area contributed by atoms with E-state index in [-0.39, 0.29) is 17.9 Å². The summed E-state index contributed by atoms with van der Waals surface area (Å²) in [4.78, 5) is 13.3. The Morgan fingerprint density at radius 1 is 1.00 bits per heavy atom. The van der Waals surface area contributed by atoms with Gasteiger partial charge in [-0.25, -0.2) is 0 Å². The van der Waals surface area contributed by atoms with Crippen molar-refractivity contribution in [3.63, 3.8) is 0 Å². The number of benzene rings is 3. The lowest BCUT2D eigenvalue weighted by Gasteiger charge is -2.38. The summed E-state index contributed by atoms with van der Waals surface area (Å²) in [6.45, 7) is 4.13. The number of allylic oxidation sites excluding steroid dienone is 2. The molecule has 3 unspecified atom stereocenters. The Hall–Kier alpha value is -3.53. The van der Waals surface area contributed by atoms with Crippen molar-refractivity contribution in [2.45, 2.75) is 32.2 Å². The average molecular weight is 425 g/mol. The third-order valence-corrected chi connectivity index (χ3v) is 6.88. The van der Waals surface area contributed by atoms with Crippen LogP contribution in [0.5, 0.6) is 5.75 Å². The Bertz CT molecular complexity index is 1210. The molecule has 1 aliphatic carbocycles.